The first kappa shape index (κ1) is 9.96. The monoisotopic (exact) mass is 183 g/mol. The smallest absolute Gasteiger partial charge is 0.254 e. The molecule has 0 bridgehead atoms. The Hall–Kier alpha value is -1.12. The number of H-pyrrole nitrogens is 1. The molecule has 72 valence electrons. The summed E-state index contributed by atoms with van der Waals surface area (Å²) >= 11 is 0. The number of rotatable bonds is 1. The summed E-state index contributed by atoms with van der Waals surface area (Å²) in [5, 5.41) is 0. The lowest BCUT2D eigenvalue weighted by atomic mass is 9.99. The molecule has 0 spiro atoms. The van der Waals surface area contributed by atoms with Gasteiger partial charge in [0.15, 0.2) is 0 Å². The van der Waals surface area contributed by atoms with E-state index in [-0.39, 0.29) is 22.9 Å². The van der Waals surface area contributed by atoms with Crippen LogP contribution in [0.15, 0.2) is 4.79 Å². The average molecular weight is 183 g/mol. The Balaban J connectivity index is 3.53. The molecule has 0 atom stereocenters. The summed E-state index contributed by atoms with van der Waals surface area (Å²) in [6, 6.07) is 0. The number of aromatic amines is 1. The minimum Gasteiger partial charge on any atom is -0.326 e. The van der Waals surface area contributed by atoms with Crippen molar-refractivity contribution in [1.29, 1.82) is 0 Å². The van der Waals surface area contributed by atoms with Gasteiger partial charge in [0.25, 0.3) is 5.56 Å². The lowest BCUT2D eigenvalue weighted by molar-refractivity contribution is 0.579. The zero-order valence-electron chi connectivity index (χ0n) is 8.36. The van der Waals surface area contributed by atoms with E-state index in [0.717, 1.165) is 0 Å². The van der Waals surface area contributed by atoms with E-state index in [0.29, 0.717) is 11.3 Å². The molecule has 1 N–H and O–H groups in total. The van der Waals surface area contributed by atoms with Crippen LogP contribution in [-0.4, -0.2) is 4.98 Å². The number of nitrogens with one attached hydrogen (secondary N) is 1. The molecule has 0 aliphatic carbocycles. The van der Waals surface area contributed by atoms with Crippen molar-refractivity contribution in [2.24, 2.45) is 0 Å². The van der Waals surface area contributed by atoms with Gasteiger partial charge in [0.05, 0.1) is 5.56 Å². The van der Waals surface area contributed by atoms with E-state index in [9.17, 15) is 9.18 Å². The molecule has 13 heavy (non-hydrogen) atoms. The minimum atomic E-state index is -0.365. The number of hydrogen-bond acceptors (Lipinski definition) is 1. The number of pyridine rings is 1. The Morgan fingerprint density at radius 3 is 2.31 bits per heavy atom. The van der Waals surface area contributed by atoms with E-state index in [1.54, 1.807) is 6.92 Å². The summed E-state index contributed by atoms with van der Waals surface area (Å²) in [6.45, 7) is 7.03. The Morgan fingerprint density at radius 1 is 1.31 bits per heavy atom. The van der Waals surface area contributed by atoms with E-state index < -0.39 is 0 Å². The summed E-state index contributed by atoms with van der Waals surface area (Å²) in [5.41, 5.74) is 1.08. The van der Waals surface area contributed by atoms with Gasteiger partial charge in [-0.3, -0.25) is 4.79 Å². The second-order valence-electron chi connectivity index (χ2n) is 3.59. The van der Waals surface area contributed by atoms with Gasteiger partial charge < -0.3 is 4.98 Å². The molecular formula is C10H14FNO. The van der Waals surface area contributed by atoms with Gasteiger partial charge in [-0.25, -0.2) is 4.39 Å². The molecule has 1 aromatic heterocycles. The van der Waals surface area contributed by atoms with Gasteiger partial charge in [0, 0.05) is 11.3 Å². The van der Waals surface area contributed by atoms with E-state index >= 15 is 0 Å². The van der Waals surface area contributed by atoms with Crippen molar-refractivity contribution in [2.45, 2.75) is 33.6 Å². The van der Waals surface area contributed by atoms with Crippen LogP contribution in [0.5, 0.6) is 0 Å². The summed E-state index contributed by atoms with van der Waals surface area (Å²) in [7, 11) is 0. The molecule has 1 heterocycles. The average Bonchev–Trinajstić information content (AvgIpc) is 1.99. The SMILES string of the molecule is Cc1[nH]c(=O)c(C)c(F)c1C(C)C. The van der Waals surface area contributed by atoms with Crippen LogP contribution in [0.3, 0.4) is 0 Å². The van der Waals surface area contributed by atoms with E-state index in [1.807, 2.05) is 13.8 Å². The summed E-state index contributed by atoms with van der Waals surface area (Å²) in [6.07, 6.45) is 0. The molecule has 0 saturated carbocycles. The van der Waals surface area contributed by atoms with Crippen LogP contribution in [0.1, 0.15) is 36.6 Å². The second-order valence-corrected chi connectivity index (χ2v) is 3.59. The van der Waals surface area contributed by atoms with Crippen molar-refractivity contribution in [3.63, 3.8) is 0 Å². The van der Waals surface area contributed by atoms with Gasteiger partial charge in [-0.2, -0.15) is 0 Å². The minimum absolute atomic E-state index is 0.0931. The maximum absolute atomic E-state index is 13.6. The standard InChI is InChI=1S/C10H14FNO/c1-5(2)8-7(4)12-10(13)6(3)9(8)11/h5H,1-4H3,(H,12,13). The zero-order chi connectivity index (χ0) is 10.2. The molecule has 0 saturated heterocycles. The number of aromatic nitrogens is 1. The molecular weight excluding hydrogens is 169 g/mol. The second kappa shape index (κ2) is 3.32. The van der Waals surface area contributed by atoms with Gasteiger partial charge >= 0.3 is 0 Å². The van der Waals surface area contributed by atoms with Crippen molar-refractivity contribution >= 4 is 0 Å². The summed E-state index contributed by atoms with van der Waals surface area (Å²) in [4.78, 5) is 13.8. The van der Waals surface area contributed by atoms with Gasteiger partial charge in [-0.15, -0.1) is 0 Å². The van der Waals surface area contributed by atoms with Gasteiger partial charge in [-0.05, 0) is 19.8 Å². The van der Waals surface area contributed by atoms with E-state index in [2.05, 4.69) is 4.98 Å². The van der Waals surface area contributed by atoms with Gasteiger partial charge in [-0.1, -0.05) is 13.8 Å². The molecule has 0 aliphatic rings. The molecule has 0 amide bonds. The Morgan fingerprint density at radius 2 is 1.85 bits per heavy atom. The molecule has 0 radical (unpaired) electrons. The van der Waals surface area contributed by atoms with Crippen molar-refractivity contribution in [2.75, 3.05) is 0 Å². The van der Waals surface area contributed by atoms with Gasteiger partial charge in [0.2, 0.25) is 0 Å². The fourth-order valence-corrected chi connectivity index (χ4v) is 1.48. The van der Waals surface area contributed by atoms with E-state index in [1.165, 1.54) is 6.92 Å². The highest BCUT2D eigenvalue weighted by molar-refractivity contribution is 5.28. The van der Waals surface area contributed by atoms with Crippen LogP contribution in [0.25, 0.3) is 0 Å². The third-order valence-corrected chi connectivity index (χ3v) is 2.19. The topological polar surface area (TPSA) is 32.9 Å². The van der Waals surface area contributed by atoms with Crippen molar-refractivity contribution in [3.05, 3.63) is 33.0 Å². The quantitative estimate of drug-likeness (QED) is 0.711. The van der Waals surface area contributed by atoms with Crippen LogP contribution < -0.4 is 5.56 Å². The van der Waals surface area contributed by atoms with E-state index in [4.69, 9.17) is 0 Å². The Labute approximate surface area is 76.8 Å². The predicted molar refractivity (Wildman–Crippen MR) is 50.6 cm³/mol. The molecule has 3 heteroatoms. The Kier molecular flexibility index (Phi) is 2.55. The molecule has 0 aromatic carbocycles. The van der Waals surface area contributed by atoms with Crippen LogP contribution >= 0.6 is 0 Å². The first-order valence-electron chi connectivity index (χ1n) is 4.34. The lowest BCUT2D eigenvalue weighted by Gasteiger charge is -2.11. The highest BCUT2D eigenvalue weighted by Gasteiger charge is 2.14. The zero-order valence-corrected chi connectivity index (χ0v) is 8.36. The molecule has 0 aliphatic heterocycles. The molecule has 0 fully saturated rings. The fraction of sp³-hybridized carbons (Fsp3) is 0.500. The molecule has 1 aromatic rings. The summed E-state index contributed by atoms with van der Waals surface area (Å²) in [5.74, 6) is -0.271. The van der Waals surface area contributed by atoms with Gasteiger partial charge in [0.1, 0.15) is 5.82 Å². The maximum atomic E-state index is 13.6. The van der Waals surface area contributed by atoms with Crippen LogP contribution in [0, 0.1) is 19.7 Å². The Bertz CT molecular complexity index is 379. The molecule has 1 rings (SSSR count). The highest BCUT2D eigenvalue weighted by Crippen LogP contribution is 2.20. The van der Waals surface area contributed by atoms with Crippen LogP contribution in [-0.2, 0) is 0 Å². The maximum Gasteiger partial charge on any atom is 0.254 e. The van der Waals surface area contributed by atoms with Crippen LogP contribution in [0.4, 0.5) is 4.39 Å². The lowest BCUT2D eigenvalue weighted by Crippen LogP contribution is -2.17. The number of hydrogen-bond donors (Lipinski definition) is 1. The third kappa shape index (κ3) is 1.64. The predicted octanol–water partition coefficient (Wildman–Crippen LogP) is 2.25. The van der Waals surface area contributed by atoms with Crippen molar-refractivity contribution in [1.82, 2.24) is 4.98 Å². The van der Waals surface area contributed by atoms with Crippen LogP contribution in [0.2, 0.25) is 0 Å². The first-order valence-corrected chi connectivity index (χ1v) is 4.34. The fourth-order valence-electron chi connectivity index (χ4n) is 1.48. The normalized spacial score (nSPS) is 10.9. The third-order valence-electron chi connectivity index (χ3n) is 2.19. The van der Waals surface area contributed by atoms with Crippen molar-refractivity contribution < 1.29 is 4.39 Å². The first-order chi connectivity index (χ1) is 5.95. The number of aryl methyl sites for hydroxylation is 1. The molecule has 0 unspecified atom stereocenters. The van der Waals surface area contributed by atoms with Crippen molar-refractivity contribution in [3.8, 4) is 0 Å². The largest absolute Gasteiger partial charge is 0.326 e. The highest BCUT2D eigenvalue weighted by atomic mass is 19.1. The number of halogens is 1. The molecule has 2 nitrogen and oxygen atoms in total. The summed E-state index contributed by atoms with van der Waals surface area (Å²) < 4.78 is 13.6.